The molecular weight excluding hydrogens is 1250 g/mol. The number of benzene rings is 15. The number of hydrogen-bond donors (Lipinski definition) is 0. The van der Waals surface area contributed by atoms with Crippen molar-refractivity contribution in [3.8, 4) is 77.7 Å². The number of aromatic nitrogens is 4. The van der Waals surface area contributed by atoms with Gasteiger partial charge in [-0.25, -0.2) is 19.9 Å². The Kier molecular flexibility index (Phi) is 14.0. The highest BCUT2D eigenvalue weighted by molar-refractivity contribution is 7.21. The van der Waals surface area contributed by atoms with Gasteiger partial charge in [0.25, 0.3) is 0 Å². The fourth-order valence-electron chi connectivity index (χ4n) is 14.1. The molecule has 0 aliphatic rings. The Balaban J connectivity index is 0.764. The summed E-state index contributed by atoms with van der Waals surface area (Å²) < 4.78 is 10.3. The van der Waals surface area contributed by atoms with E-state index in [-0.39, 0.29) is 0 Å². The van der Waals surface area contributed by atoms with Gasteiger partial charge in [-0.2, -0.15) is 0 Å². The van der Waals surface area contributed by atoms with E-state index in [1.165, 1.54) is 26.6 Å². The monoisotopic (exact) mass is 1310 g/mol. The summed E-state index contributed by atoms with van der Waals surface area (Å²) in [5.41, 5.74) is 27.4. The van der Waals surface area contributed by atoms with E-state index in [0.717, 1.165) is 148 Å². The Labute approximate surface area is 576 Å². The second-order valence-corrected chi connectivity index (χ2v) is 27.3. The highest BCUT2D eigenvalue weighted by atomic mass is 32.1. The summed E-state index contributed by atoms with van der Waals surface area (Å²) in [6.45, 7) is 0. The summed E-state index contributed by atoms with van der Waals surface area (Å²) >= 11 is 5.05. The number of rotatable bonds is 13. The lowest BCUT2D eigenvalue weighted by Gasteiger charge is -2.29. The molecule has 0 fully saturated rings. The lowest BCUT2D eigenvalue weighted by atomic mass is 9.92. The molecule has 0 bridgehead atoms. The molecule has 19 rings (SSSR count). The van der Waals surface area contributed by atoms with E-state index in [0.29, 0.717) is 11.5 Å². The van der Waals surface area contributed by atoms with Gasteiger partial charge in [0, 0.05) is 39.0 Å². The summed E-state index contributed by atoms with van der Waals surface area (Å²) in [7, 11) is 0. The van der Waals surface area contributed by atoms with E-state index in [9.17, 15) is 0 Å². The van der Waals surface area contributed by atoms with Crippen LogP contribution in [0.5, 0.6) is 0 Å². The number of oxazole rings is 1. The molecule has 0 amide bonds. The molecule has 98 heavy (non-hydrogen) atoms. The number of anilines is 6. The number of thiazole rings is 3. The van der Waals surface area contributed by atoms with Crippen molar-refractivity contribution in [3.63, 3.8) is 0 Å². The molecule has 7 nitrogen and oxygen atoms in total. The number of hydrogen-bond acceptors (Lipinski definition) is 10. The second kappa shape index (κ2) is 23.9. The zero-order valence-electron chi connectivity index (χ0n) is 52.5. The minimum Gasteiger partial charge on any atom is -0.436 e. The van der Waals surface area contributed by atoms with Crippen molar-refractivity contribution in [3.05, 3.63) is 326 Å². The van der Waals surface area contributed by atoms with Gasteiger partial charge in [0.05, 0.1) is 64.3 Å². The van der Waals surface area contributed by atoms with Gasteiger partial charge in [-0.05, 0) is 187 Å². The van der Waals surface area contributed by atoms with Crippen molar-refractivity contribution < 1.29 is 4.42 Å². The summed E-state index contributed by atoms with van der Waals surface area (Å²) in [6, 6.07) is 114. The van der Waals surface area contributed by atoms with Gasteiger partial charge in [0.2, 0.25) is 5.89 Å². The van der Waals surface area contributed by atoms with Crippen LogP contribution in [0.3, 0.4) is 0 Å². The highest BCUT2D eigenvalue weighted by Crippen LogP contribution is 2.50. The lowest BCUT2D eigenvalue weighted by Crippen LogP contribution is -2.11. The second-order valence-electron chi connectivity index (χ2n) is 24.5. The predicted octanol–water partition coefficient (Wildman–Crippen LogP) is 25.7. The third-order valence-corrected chi connectivity index (χ3v) is 21.5. The van der Waals surface area contributed by atoms with Gasteiger partial charge < -0.3 is 14.2 Å². The van der Waals surface area contributed by atoms with Crippen LogP contribution in [0.4, 0.5) is 34.1 Å². The molecule has 0 aliphatic carbocycles. The Morgan fingerprint density at radius 3 is 1.58 bits per heavy atom. The molecule has 0 spiro atoms. The molecule has 4 heterocycles. The number of fused-ring (bicyclic) bond motifs is 7. The van der Waals surface area contributed by atoms with Crippen LogP contribution in [0.15, 0.2) is 331 Å². The lowest BCUT2D eigenvalue weighted by molar-refractivity contribution is 0.620. The van der Waals surface area contributed by atoms with Crippen molar-refractivity contribution in [2.45, 2.75) is 0 Å². The summed E-state index contributed by atoms with van der Waals surface area (Å²) in [5, 5.41) is 7.90. The highest BCUT2D eigenvalue weighted by Gasteiger charge is 2.26. The molecule has 0 aliphatic heterocycles. The Morgan fingerprint density at radius 2 is 0.827 bits per heavy atom. The first-order valence-electron chi connectivity index (χ1n) is 32.6. The number of nitrogens with zero attached hydrogens (tertiary/aromatic N) is 6. The summed E-state index contributed by atoms with van der Waals surface area (Å²) in [6.07, 6.45) is 0. The van der Waals surface area contributed by atoms with Crippen molar-refractivity contribution in [1.82, 2.24) is 19.9 Å². The van der Waals surface area contributed by atoms with Crippen molar-refractivity contribution >= 4 is 142 Å². The zero-order chi connectivity index (χ0) is 64.6. The van der Waals surface area contributed by atoms with Gasteiger partial charge in [-0.1, -0.05) is 200 Å². The van der Waals surface area contributed by atoms with E-state index in [2.05, 4.69) is 306 Å². The van der Waals surface area contributed by atoms with Gasteiger partial charge >= 0.3 is 0 Å². The molecule has 4 aromatic heterocycles. The van der Waals surface area contributed by atoms with Crippen LogP contribution in [-0.4, -0.2) is 19.9 Å². The van der Waals surface area contributed by atoms with Crippen LogP contribution in [0.1, 0.15) is 0 Å². The van der Waals surface area contributed by atoms with Gasteiger partial charge in [-0.3, -0.25) is 0 Å². The molecule has 15 aromatic carbocycles. The Hall–Kier alpha value is -12.2. The molecule has 0 radical (unpaired) electrons. The van der Waals surface area contributed by atoms with Gasteiger partial charge in [0.15, 0.2) is 5.58 Å². The zero-order valence-corrected chi connectivity index (χ0v) is 54.9. The smallest absolute Gasteiger partial charge is 0.229 e. The average molecular weight is 1310 g/mol. The van der Waals surface area contributed by atoms with Crippen LogP contribution in [-0.2, 0) is 0 Å². The molecule has 0 saturated heterocycles. The first-order chi connectivity index (χ1) is 48.5. The summed E-state index contributed by atoms with van der Waals surface area (Å²) in [4.78, 5) is 24.9. The first-order valence-corrected chi connectivity index (χ1v) is 35.2. The molecule has 0 unspecified atom stereocenters. The quantitative estimate of drug-likeness (QED) is 0.114. The molecule has 0 N–H and O–H groups in total. The summed E-state index contributed by atoms with van der Waals surface area (Å²) in [5.74, 6) is 0.522. The molecule has 19 aromatic rings. The van der Waals surface area contributed by atoms with Crippen LogP contribution in [0.2, 0.25) is 0 Å². The fourth-order valence-corrected chi connectivity index (χ4v) is 16.6. The molecule has 10 heteroatoms. The molecule has 0 saturated carbocycles. The van der Waals surface area contributed by atoms with Gasteiger partial charge in [-0.15, -0.1) is 34.0 Å². The van der Waals surface area contributed by atoms with Crippen molar-refractivity contribution in [2.75, 3.05) is 9.80 Å². The van der Waals surface area contributed by atoms with E-state index in [4.69, 9.17) is 19.4 Å². The standard InChI is InChI=1S/C88H54N6OS3/c1-2-15-55(16-3-1)56-29-39-65(40-30-56)94(80-48-44-73(69-21-7-9-23-72(69)80)88-92-78-26-11-13-28-83(78)98-88)79-47-43-70(68-20-6-8-22-71(68)79)74-50-62(52-85-86(74)90-54-97-85)60-36-46-81(75(49-60)87-91-76-25-10-12-27-82(76)95-87)93(63-37-31-57(32-38-63)61-35-45-77-84(51-61)96-53-89-77)64-41-33-59(34-42-64)67-24-14-18-58-17-4-5-19-66(58)67/h1-54H. The van der Waals surface area contributed by atoms with E-state index >= 15 is 0 Å². The maximum atomic E-state index is 6.86. The van der Waals surface area contributed by atoms with Crippen LogP contribution < -0.4 is 9.80 Å². The SMILES string of the molecule is c1ccc(-c2ccc(N(c3ccc(-c4nc5ccccc5s4)c4ccccc34)c3ccc(-c4cc(-c5ccc(N(c6ccc(-c7ccc8ncsc8c7)cc6)c6ccc(-c7cccc8ccccc78)cc6)c(-c6nc7ccccc7o6)c5)cc5scnc45)c4ccccc34)cc2)cc1. The van der Waals surface area contributed by atoms with E-state index < -0.39 is 0 Å². The number of para-hydroxylation sites is 3. The minimum atomic E-state index is 0.522. The Morgan fingerprint density at radius 1 is 0.286 bits per heavy atom. The molecule has 460 valence electrons. The van der Waals surface area contributed by atoms with Crippen LogP contribution in [0, 0.1) is 0 Å². The van der Waals surface area contributed by atoms with E-state index in [1.807, 2.05) is 35.3 Å². The van der Waals surface area contributed by atoms with Crippen molar-refractivity contribution in [1.29, 1.82) is 0 Å². The van der Waals surface area contributed by atoms with Crippen molar-refractivity contribution in [2.24, 2.45) is 0 Å². The first kappa shape index (κ1) is 57.3. The maximum absolute atomic E-state index is 6.86. The van der Waals surface area contributed by atoms with E-state index in [1.54, 1.807) is 34.0 Å². The normalized spacial score (nSPS) is 11.7. The third-order valence-electron chi connectivity index (χ3n) is 18.9. The molecular formula is C88H54N6OS3. The third kappa shape index (κ3) is 10.1. The minimum absolute atomic E-state index is 0.522. The largest absolute Gasteiger partial charge is 0.436 e. The predicted molar refractivity (Wildman–Crippen MR) is 413 cm³/mol. The maximum Gasteiger partial charge on any atom is 0.229 e. The van der Waals surface area contributed by atoms with Gasteiger partial charge in [0.1, 0.15) is 10.5 Å². The van der Waals surface area contributed by atoms with Crippen LogP contribution >= 0.6 is 34.0 Å². The molecule has 0 atom stereocenters. The average Bonchev–Trinajstić information content (AvgIpc) is 1.33. The topological polar surface area (TPSA) is 71.2 Å². The van der Waals surface area contributed by atoms with Crippen LogP contribution in [0.25, 0.3) is 152 Å². The Bertz CT molecular complexity index is 6200. The fraction of sp³-hybridized carbons (Fsp3) is 0.